The van der Waals surface area contributed by atoms with Gasteiger partial charge in [0.15, 0.2) is 0 Å². The van der Waals surface area contributed by atoms with Gasteiger partial charge in [0.05, 0.1) is 6.10 Å². The number of aliphatic hydroxyl groups is 2. The predicted octanol–water partition coefficient (Wildman–Crippen LogP) is 0.941. The predicted molar refractivity (Wildman–Crippen MR) is 54.1 cm³/mol. The highest BCUT2D eigenvalue weighted by atomic mass is 79.9. The Hall–Kier alpha value is -0.490. The molecular weight excluding hydrogens is 253 g/mol. The molecule has 1 aromatic carbocycles. The smallest absolute Gasteiger partial charge is 0.130 e. The van der Waals surface area contributed by atoms with Crippen molar-refractivity contribution in [2.75, 3.05) is 6.54 Å². The van der Waals surface area contributed by atoms with Gasteiger partial charge in [0, 0.05) is 16.6 Å². The molecule has 78 valence electrons. The van der Waals surface area contributed by atoms with E-state index in [4.69, 9.17) is 5.73 Å². The van der Waals surface area contributed by atoms with Crippen LogP contribution in [0.3, 0.4) is 0 Å². The second-order valence-electron chi connectivity index (χ2n) is 2.91. The van der Waals surface area contributed by atoms with E-state index < -0.39 is 18.0 Å². The number of nitrogens with two attached hydrogens (primary N) is 1. The van der Waals surface area contributed by atoms with Crippen molar-refractivity contribution in [2.45, 2.75) is 12.2 Å². The van der Waals surface area contributed by atoms with Gasteiger partial charge in [0.25, 0.3) is 0 Å². The number of hydrogen-bond acceptors (Lipinski definition) is 3. The van der Waals surface area contributed by atoms with Crippen molar-refractivity contribution in [3.05, 3.63) is 34.1 Å². The largest absolute Gasteiger partial charge is 0.389 e. The molecule has 0 radical (unpaired) electrons. The molecule has 0 spiro atoms. The van der Waals surface area contributed by atoms with Crippen molar-refractivity contribution in [3.8, 4) is 0 Å². The van der Waals surface area contributed by atoms with E-state index in [2.05, 4.69) is 15.9 Å². The number of benzene rings is 1. The molecule has 14 heavy (non-hydrogen) atoms. The van der Waals surface area contributed by atoms with Crippen LogP contribution in [0.25, 0.3) is 0 Å². The summed E-state index contributed by atoms with van der Waals surface area (Å²) in [5.74, 6) is -0.570. The van der Waals surface area contributed by atoms with Gasteiger partial charge in [-0.1, -0.05) is 22.0 Å². The fraction of sp³-hybridized carbons (Fsp3) is 0.333. The molecule has 0 saturated heterocycles. The molecule has 0 amide bonds. The molecule has 0 fully saturated rings. The van der Waals surface area contributed by atoms with Crippen molar-refractivity contribution >= 4 is 15.9 Å². The maximum Gasteiger partial charge on any atom is 0.130 e. The summed E-state index contributed by atoms with van der Waals surface area (Å²) in [5.41, 5.74) is 5.20. The van der Waals surface area contributed by atoms with Crippen LogP contribution in [-0.2, 0) is 0 Å². The van der Waals surface area contributed by atoms with E-state index in [0.29, 0.717) is 4.47 Å². The van der Waals surface area contributed by atoms with Crippen LogP contribution in [-0.4, -0.2) is 22.9 Å². The molecule has 0 aliphatic rings. The molecule has 2 unspecified atom stereocenters. The summed E-state index contributed by atoms with van der Waals surface area (Å²) in [6.07, 6.45) is -2.43. The highest BCUT2D eigenvalue weighted by Crippen LogP contribution is 2.22. The molecule has 0 aromatic heterocycles. The fourth-order valence-corrected chi connectivity index (χ4v) is 1.41. The van der Waals surface area contributed by atoms with Gasteiger partial charge >= 0.3 is 0 Å². The average Bonchev–Trinajstić information content (AvgIpc) is 2.15. The van der Waals surface area contributed by atoms with Crippen LogP contribution in [0.1, 0.15) is 11.7 Å². The Kier molecular flexibility index (Phi) is 4.00. The van der Waals surface area contributed by atoms with E-state index in [1.54, 1.807) is 6.07 Å². The first-order valence-electron chi connectivity index (χ1n) is 4.07. The van der Waals surface area contributed by atoms with Gasteiger partial charge in [-0.25, -0.2) is 4.39 Å². The zero-order valence-corrected chi connectivity index (χ0v) is 8.91. The third-order valence-electron chi connectivity index (χ3n) is 1.89. The minimum Gasteiger partial charge on any atom is -0.389 e. The maximum atomic E-state index is 13.3. The second kappa shape index (κ2) is 4.84. The zero-order chi connectivity index (χ0) is 10.7. The number of halogens is 2. The highest BCUT2D eigenvalue weighted by Gasteiger charge is 2.20. The molecule has 0 aliphatic carbocycles. The fourth-order valence-electron chi connectivity index (χ4n) is 1.08. The quantitative estimate of drug-likeness (QED) is 0.761. The molecule has 0 saturated carbocycles. The van der Waals surface area contributed by atoms with Crippen LogP contribution >= 0.6 is 15.9 Å². The standard InChI is InChI=1S/C9H11BrFNO2/c10-5-1-2-6(7(11)3-5)9(14)8(13)4-12/h1-3,8-9,13-14H,4,12H2. The van der Waals surface area contributed by atoms with Crippen molar-refractivity contribution in [1.29, 1.82) is 0 Å². The van der Waals surface area contributed by atoms with E-state index in [9.17, 15) is 14.6 Å². The molecule has 0 bridgehead atoms. The maximum absolute atomic E-state index is 13.3. The zero-order valence-electron chi connectivity index (χ0n) is 7.32. The van der Waals surface area contributed by atoms with Crippen LogP contribution in [0.15, 0.2) is 22.7 Å². The Morgan fingerprint density at radius 1 is 1.43 bits per heavy atom. The molecule has 1 aromatic rings. The molecule has 0 aliphatic heterocycles. The van der Waals surface area contributed by atoms with Crippen LogP contribution < -0.4 is 5.73 Å². The SMILES string of the molecule is NCC(O)C(O)c1ccc(Br)cc1F. The summed E-state index contributed by atoms with van der Waals surface area (Å²) in [7, 11) is 0. The topological polar surface area (TPSA) is 66.5 Å². The summed E-state index contributed by atoms with van der Waals surface area (Å²) >= 11 is 3.09. The van der Waals surface area contributed by atoms with Crippen LogP contribution in [0, 0.1) is 5.82 Å². The van der Waals surface area contributed by atoms with E-state index in [0.717, 1.165) is 0 Å². The van der Waals surface area contributed by atoms with Crippen LogP contribution in [0.2, 0.25) is 0 Å². The van der Waals surface area contributed by atoms with Crippen molar-refractivity contribution < 1.29 is 14.6 Å². The summed E-state index contributed by atoms with van der Waals surface area (Å²) in [5, 5.41) is 18.7. The molecule has 4 N–H and O–H groups in total. The van der Waals surface area contributed by atoms with Gasteiger partial charge < -0.3 is 15.9 Å². The Labute approximate surface area is 89.5 Å². The molecule has 3 nitrogen and oxygen atoms in total. The lowest BCUT2D eigenvalue weighted by atomic mass is 10.0. The molecule has 5 heteroatoms. The van der Waals surface area contributed by atoms with Crippen LogP contribution in [0.4, 0.5) is 4.39 Å². The lowest BCUT2D eigenvalue weighted by Gasteiger charge is -2.16. The minimum absolute atomic E-state index is 0.0474. The monoisotopic (exact) mass is 263 g/mol. The normalized spacial score (nSPS) is 15.2. The Balaban J connectivity index is 2.95. The van der Waals surface area contributed by atoms with Crippen molar-refractivity contribution in [1.82, 2.24) is 0 Å². The first-order valence-corrected chi connectivity index (χ1v) is 4.86. The first kappa shape index (κ1) is 11.6. The Morgan fingerprint density at radius 3 is 2.57 bits per heavy atom. The number of rotatable bonds is 3. The third-order valence-corrected chi connectivity index (χ3v) is 2.38. The summed E-state index contributed by atoms with van der Waals surface area (Å²) in [6.45, 7) is -0.114. The van der Waals surface area contributed by atoms with Crippen molar-refractivity contribution in [3.63, 3.8) is 0 Å². The number of aliphatic hydroxyl groups excluding tert-OH is 2. The van der Waals surface area contributed by atoms with Crippen molar-refractivity contribution in [2.24, 2.45) is 5.73 Å². The van der Waals surface area contributed by atoms with Gasteiger partial charge in [-0.05, 0) is 12.1 Å². The summed E-state index contributed by atoms with van der Waals surface area (Å²) < 4.78 is 13.8. The summed E-state index contributed by atoms with van der Waals surface area (Å²) in [4.78, 5) is 0. The molecular formula is C9H11BrFNO2. The van der Waals surface area contributed by atoms with E-state index >= 15 is 0 Å². The minimum atomic E-state index is -1.28. The van der Waals surface area contributed by atoms with Gasteiger partial charge in [-0.3, -0.25) is 0 Å². The Bertz CT molecular complexity index is 322. The number of hydrogen-bond donors (Lipinski definition) is 3. The average molecular weight is 264 g/mol. The summed E-state index contributed by atoms with van der Waals surface area (Å²) in [6, 6.07) is 4.22. The molecule has 0 heterocycles. The lowest BCUT2D eigenvalue weighted by Crippen LogP contribution is -2.27. The highest BCUT2D eigenvalue weighted by molar-refractivity contribution is 9.10. The lowest BCUT2D eigenvalue weighted by molar-refractivity contribution is 0.0222. The van der Waals surface area contributed by atoms with Gasteiger partial charge in [-0.15, -0.1) is 0 Å². The van der Waals surface area contributed by atoms with Crippen LogP contribution in [0.5, 0.6) is 0 Å². The van der Waals surface area contributed by atoms with E-state index in [-0.39, 0.29) is 12.1 Å². The Morgan fingerprint density at radius 2 is 2.07 bits per heavy atom. The third kappa shape index (κ3) is 2.51. The van der Waals surface area contributed by atoms with Gasteiger partial charge in [-0.2, -0.15) is 0 Å². The molecule has 1 rings (SSSR count). The van der Waals surface area contributed by atoms with E-state index in [1.807, 2.05) is 0 Å². The van der Waals surface area contributed by atoms with Gasteiger partial charge in [0.2, 0.25) is 0 Å². The second-order valence-corrected chi connectivity index (χ2v) is 3.83. The van der Waals surface area contributed by atoms with Gasteiger partial charge in [0.1, 0.15) is 11.9 Å². The van der Waals surface area contributed by atoms with E-state index in [1.165, 1.54) is 12.1 Å². The molecule has 2 atom stereocenters. The first-order chi connectivity index (χ1) is 6.56.